The largest absolute Gasteiger partial charge is 0.471 e. The number of carbonyl (C=O) groups is 2. The van der Waals surface area contributed by atoms with Crippen LogP contribution in [0.3, 0.4) is 0 Å². The first kappa shape index (κ1) is 20.9. The van der Waals surface area contributed by atoms with Gasteiger partial charge in [0.05, 0.1) is 11.4 Å². The number of halogens is 5. The Morgan fingerprint density at radius 1 is 0.966 bits per heavy atom. The van der Waals surface area contributed by atoms with Gasteiger partial charge in [-0.3, -0.25) is 9.59 Å². The Kier molecular flexibility index (Phi) is 5.97. The summed E-state index contributed by atoms with van der Waals surface area (Å²) in [6.07, 6.45) is -4.91. The quantitative estimate of drug-likeness (QED) is 0.752. The van der Waals surface area contributed by atoms with Crippen LogP contribution >= 0.6 is 11.6 Å². The Morgan fingerprint density at radius 3 is 2.17 bits per heavy atom. The molecule has 2 amide bonds. The van der Waals surface area contributed by atoms with E-state index in [4.69, 9.17) is 11.6 Å². The number of benzene rings is 2. The summed E-state index contributed by atoms with van der Waals surface area (Å²) in [6, 6.07) is 9.73. The van der Waals surface area contributed by atoms with Crippen molar-refractivity contribution in [2.24, 2.45) is 0 Å². The van der Waals surface area contributed by atoms with E-state index in [1.54, 1.807) is 17.0 Å². The van der Waals surface area contributed by atoms with Crippen LogP contribution in [0.25, 0.3) is 0 Å². The molecule has 1 fully saturated rings. The summed E-state index contributed by atoms with van der Waals surface area (Å²) >= 11 is 6.02. The van der Waals surface area contributed by atoms with Crippen molar-refractivity contribution in [2.45, 2.75) is 6.18 Å². The van der Waals surface area contributed by atoms with Crippen LogP contribution in [0.15, 0.2) is 42.5 Å². The third-order valence-corrected chi connectivity index (χ3v) is 4.70. The minimum atomic E-state index is -4.91. The van der Waals surface area contributed by atoms with E-state index in [2.05, 4.69) is 5.32 Å². The maximum Gasteiger partial charge on any atom is 0.471 e. The van der Waals surface area contributed by atoms with Gasteiger partial charge in [0, 0.05) is 36.8 Å². The van der Waals surface area contributed by atoms with Gasteiger partial charge in [0.25, 0.3) is 5.91 Å². The fourth-order valence-corrected chi connectivity index (χ4v) is 3.18. The summed E-state index contributed by atoms with van der Waals surface area (Å²) in [5.41, 5.74) is 1.16. The fourth-order valence-electron chi connectivity index (χ4n) is 3.01. The van der Waals surface area contributed by atoms with E-state index in [9.17, 15) is 27.2 Å². The zero-order chi connectivity index (χ0) is 21.2. The van der Waals surface area contributed by atoms with Gasteiger partial charge in [-0.25, -0.2) is 4.39 Å². The maximum absolute atomic E-state index is 13.0. The van der Waals surface area contributed by atoms with Gasteiger partial charge in [-0.1, -0.05) is 11.6 Å². The van der Waals surface area contributed by atoms with E-state index in [1.807, 2.05) is 0 Å². The van der Waals surface area contributed by atoms with Gasteiger partial charge in [-0.15, -0.1) is 0 Å². The van der Waals surface area contributed by atoms with Crippen molar-refractivity contribution in [1.29, 1.82) is 0 Å². The third kappa shape index (κ3) is 4.97. The second-order valence-electron chi connectivity index (χ2n) is 6.40. The van der Waals surface area contributed by atoms with Crippen molar-refractivity contribution in [2.75, 3.05) is 36.4 Å². The maximum atomic E-state index is 13.0. The fraction of sp³-hybridized carbons (Fsp3) is 0.263. The average molecular weight is 430 g/mol. The van der Waals surface area contributed by atoms with Crippen molar-refractivity contribution in [3.63, 3.8) is 0 Å². The van der Waals surface area contributed by atoms with Gasteiger partial charge in [0.2, 0.25) is 0 Å². The minimum Gasteiger partial charge on any atom is -0.366 e. The van der Waals surface area contributed by atoms with Crippen molar-refractivity contribution < 1.29 is 27.2 Å². The molecule has 0 bridgehead atoms. The van der Waals surface area contributed by atoms with E-state index in [1.165, 1.54) is 18.2 Å². The van der Waals surface area contributed by atoms with Crippen LogP contribution in [0.2, 0.25) is 5.02 Å². The smallest absolute Gasteiger partial charge is 0.366 e. The lowest BCUT2D eigenvalue weighted by molar-refractivity contribution is -0.185. The highest BCUT2D eigenvalue weighted by molar-refractivity contribution is 6.31. The molecule has 1 N–H and O–H groups in total. The van der Waals surface area contributed by atoms with Gasteiger partial charge in [-0.2, -0.15) is 13.2 Å². The van der Waals surface area contributed by atoms with E-state index >= 15 is 0 Å². The number of hydrogen-bond donors (Lipinski definition) is 1. The van der Waals surface area contributed by atoms with E-state index in [0.717, 1.165) is 17.0 Å². The topological polar surface area (TPSA) is 52.7 Å². The summed E-state index contributed by atoms with van der Waals surface area (Å²) in [6.45, 7) is 0.102. The molecule has 29 heavy (non-hydrogen) atoms. The molecule has 10 heteroatoms. The van der Waals surface area contributed by atoms with Gasteiger partial charge in [-0.05, 0) is 42.5 Å². The van der Waals surface area contributed by atoms with Crippen molar-refractivity contribution in [3.05, 3.63) is 58.9 Å². The number of hydrogen-bond acceptors (Lipinski definition) is 3. The second kappa shape index (κ2) is 8.28. The lowest BCUT2D eigenvalue weighted by atomic mass is 10.1. The van der Waals surface area contributed by atoms with Crippen LogP contribution in [0.4, 0.5) is 28.9 Å². The molecule has 1 aliphatic heterocycles. The van der Waals surface area contributed by atoms with E-state index in [-0.39, 0.29) is 31.7 Å². The van der Waals surface area contributed by atoms with Crippen LogP contribution in [-0.2, 0) is 4.79 Å². The summed E-state index contributed by atoms with van der Waals surface area (Å²) < 4.78 is 50.8. The standard InChI is InChI=1S/C19H16ClF4N3O2/c20-13-3-6-16(26-7-9-27(10-8-26)18(29)19(22,23)24)15(11-13)25-17(28)12-1-4-14(21)5-2-12/h1-6,11H,7-10H2,(H,25,28). The zero-order valence-electron chi connectivity index (χ0n) is 15.0. The summed E-state index contributed by atoms with van der Waals surface area (Å²) in [5.74, 6) is -2.83. The molecular weight excluding hydrogens is 414 g/mol. The minimum absolute atomic E-state index is 0.105. The molecule has 5 nitrogen and oxygen atoms in total. The zero-order valence-corrected chi connectivity index (χ0v) is 15.7. The van der Waals surface area contributed by atoms with Gasteiger partial charge in [0.15, 0.2) is 0 Å². The molecule has 1 saturated heterocycles. The highest BCUT2D eigenvalue weighted by atomic mass is 35.5. The number of piperazine rings is 1. The van der Waals surface area contributed by atoms with Crippen LogP contribution < -0.4 is 10.2 Å². The summed E-state index contributed by atoms with van der Waals surface area (Å²) in [4.78, 5) is 26.3. The summed E-state index contributed by atoms with van der Waals surface area (Å²) in [5, 5.41) is 3.05. The number of amides is 2. The van der Waals surface area contributed by atoms with Crippen LogP contribution in [0.1, 0.15) is 10.4 Å². The van der Waals surface area contributed by atoms with Crippen LogP contribution in [0, 0.1) is 5.82 Å². The Morgan fingerprint density at radius 2 is 1.59 bits per heavy atom. The lowest BCUT2D eigenvalue weighted by Crippen LogP contribution is -2.52. The molecule has 0 radical (unpaired) electrons. The predicted octanol–water partition coefficient (Wildman–Crippen LogP) is 3.94. The predicted molar refractivity (Wildman–Crippen MR) is 101 cm³/mol. The number of anilines is 2. The van der Waals surface area contributed by atoms with E-state index < -0.39 is 23.8 Å². The molecule has 0 saturated carbocycles. The van der Waals surface area contributed by atoms with E-state index in [0.29, 0.717) is 16.4 Å². The number of nitrogens with zero attached hydrogens (tertiary/aromatic N) is 2. The lowest BCUT2D eigenvalue weighted by Gasteiger charge is -2.37. The first-order chi connectivity index (χ1) is 13.6. The van der Waals surface area contributed by atoms with Crippen molar-refractivity contribution >= 4 is 34.8 Å². The molecule has 0 aliphatic carbocycles. The molecule has 1 aliphatic rings. The molecule has 0 spiro atoms. The number of rotatable bonds is 3. The van der Waals surface area contributed by atoms with Crippen molar-refractivity contribution in [1.82, 2.24) is 4.90 Å². The first-order valence-electron chi connectivity index (χ1n) is 8.62. The highest BCUT2D eigenvalue weighted by Crippen LogP contribution is 2.31. The second-order valence-corrected chi connectivity index (χ2v) is 6.84. The molecular formula is C19H16ClF4N3O2. The molecule has 0 aromatic heterocycles. The third-order valence-electron chi connectivity index (χ3n) is 4.46. The van der Waals surface area contributed by atoms with Crippen molar-refractivity contribution in [3.8, 4) is 0 Å². The van der Waals surface area contributed by atoms with Gasteiger partial charge in [0.1, 0.15) is 5.82 Å². The molecule has 0 atom stereocenters. The molecule has 2 aromatic carbocycles. The van der Waals surface area contributed by atoms with Crippen LogP contribution in [-0.4, -0.2) is 49.1 Å². The summed E-state index contributed by atoms with van der Waals surface area (Å²) in [7, 11) is 0. The molecule has 2 aromatic rings. The number of alkyl halides is 3. The monoisotopic (exact) mass is 429 g/mol. The molecule has 3 rings (SSSR count). The molecule has 154 valence electrons. The van der Waals surface area contributed by atoms with Crippen LogP contribution in [0.5, 0.6) is 0 Å². The number of carbonyl (C=O) groups excluding carboxylic acids is 2. The van der Waals surface area contributed by atoms with Gasteiger partial charge < -0.3 is 15.1 Å². The number of nitrogens with one attached hydrogen (secondary N) is 1. The average Bonchev–Trinajstić information content (AvgIpc) is 2.67. The Balaban J connectivity index is 1.75. The highest BCUT2D eigenvalue weighted by Gasteiger charge is 2.43. The normalized spacial score (nSPS) is 14.7. The molecule has 1 heterocycles. The SMILES string of the molecule is O=C(Nc1cc(Cl)ccc1N1CCN(C(=O)C(F)(F)F)CC1)c1ccc(F)cc1. The molecule has 0 unspecified atom stereocenters. The Hall–Kier alpha value is -2.81. The Labute approximate surface area is 168 Å². The van der Waals surface area contributed by atoms with Gasteiger partial charge >= 0.3 is 12.1 Å². The first-order valence-corrected chi connectivity index (χ1v) is 9.00. The Bertz CT molecular complexity index is 911.